The molecule has 3 aromatic carbocycles. The molecule has 0 aliphatic carbocycles. The van der Waals surface area contributed by atoms with E-state index >= 15 is 4.39 Å². The lowest BCUT2D eigenvalue weighted by Gasteiger charge is -2.37. The minimum absolute atomic E-state index is 0.106. The second-order valence-corrected chi connectivity index (χ2v) is 11.2. The first-order valence-electron chi connectivity index (χ1n) is 14.8. The lowest BCUT2D eigenvalue weighted by molar-refractivity contribution is -0.0935. The highest BCUT2D eigenvalue weighted by molar-refractivity contribution is 5.82. The largest absolute Gasteiger partial charge is 0.497 e. The average molecular weight is 614 g/mol. The van der Waals surface area contributed by atoms with Crippen molar-refractivity contribution in [1.29, 1.82) is 0 Å². The normalized spacial score (nSPS) is 20.1. The number of halogens is 1. The van der Waals surface area contributed by atoms with Crippen molar-refractivity contribution < 1.29 is 28.4 Å². The Balaban J connectivity index is 1.36. The first-order chi connectivity index (χ1) is 21.8. The fraction of sp³-hybridized carbons (Fsp3) is 0.324. The van der Waals surface area contributed by atoms with E-state index in [1.165, 1.54) is 17.2 Å². The molecule has 6 rings (SSSR count). The van der Waals surface area contributed by atoms with Crippen molar-refractivity contribution in [2.45, 2.75) is 50.1 Å². The van der Waals surface area contributed by atoms with Crippen molar-refractivity contribution in [1.82, 2.24) is 19.5 Å². The van der Waals surface area contributed by atoms with Crippen LogP contribution in [0.25, 0.3) is 11.2 Å². The predicted molar refractivity (Wildman–Crippen MR) is 167 cm³/mol. The number of alkyl halides is 1. The summed E-state index contributed by atoms with van der Waals surface area (Å²) in [5.74, 6) is 1.92. The molecule has 0 spiro atoms. The molecule has 1 fully saturated rings. The lowest BCUT2D eigenvalue weighted by atomic mass is 9.80. The number of hydrogen-bond acceptors (Lipinski definition) is 9. The molecule has 5 aromatic rings. The second-order valence-electron chi connectivity index (χ2n) is 11.2. The number of aliphatic hydroxyl groups excluding tert-OH is 1. The van der Waals surface area contributed by atoms with Gasteiger partial charge in [-0.3, -0.25) is 4.57 Å². The summed E-state index contributed by atoms with van der Waals surface area (Å²) in [6.07, 6.45) is -2.56. The highest BCUT2D eigenvalue weighted by Crippen LogP contribution is 2.43. The molecule has 0 bridgehead atoms. The van der Waals surface area contributed by atoms with Crippen LogP contribution >= 0.6 is 0 Å². The molecule has 1 saturated heterocycles. The van der Waals surface area contributed by atoms with Crippen molar-refractivity contribution in [3.63, 3.8) is 0 Å². The molecule has 1 aliphatic rings. The Morgan fingerprint density at radius 1 is 0.889 bits per heavy atom. The van der Waals surface area contributed by atoms with Crippen LogP contribution in [-0.4, -0.2) is 69.9 Å². The average Bonchev–Trinajstić information content (AvgIpc) is 3.63. The lowest BCUT2D eigenvalue weighted by Crippen LogP contribution is -2.39. The SMILES string of the molecule is COc1ccc(C(OC[C@H]2O[C@@H](n3cnc4c(NC(C)C)ncnc43)C(F)C2O)(c2ccccc2)c2ccc(OC)cc2)cc1. The molecule has 1 aliphatic heterocycles. The molecule has 4 atom stereocenters. The summed E-state index contributed by atoms with van der Waals surface area (Å²) in [6, 6.07) is 25.0. The minimum Gasteiger partial charge on any atom is -0.497 e. The number of aromatic nitrogens is 4. The van der Waals surface area contributed by atoms with E-state index in [0.717, 1.165) is 16.7 Å². The second kappa shape index (κ2) is 12.8. The molecule has 0 amide bonds. The van der Waals surface area contributed by atoms with E-state index < -0.39 is 30.2 Å². The van der Waals surface area contributed by atoms with Gasteiger partial charge in [-0.2, -0.15) is 0 Å². The van der Waals surface area contributed by atoms with Gasteiger partial charge >= 0.3 is 0 Å². The van der Waals surface area contributed by atoms with E-state index in [-0.39, 0.29) is 12.6 Å². The van der Waals surface area contributed by atoms with Crippen molar-refractivity contribution >= 4 is 17.0 Å². The Hall–Kier alpha value is -4.58. The number of fused-ring (bicyclic) bond motifs is 1. The summed E-state index contributed by atoms with van der Waals surface area (Å²) in [5, 5.41) is 14.4. The summed E-state index contributed by atoms with van der Waals surface area (Å²) in [6.45, 7) is 3.83. The third-order valence-electron chi connectivity index (χ3n) is 7.99. The molecular formula is C34H36FN5O5. The van der Waals surface area contributed by atoms with Crippen LogP contribution < -0.4 is 14.8 Å². The van der Waals surface area contributed by atoms with E-state index in [1.807, 2.05) is 92.7 Å². The maximum Gasteiger partial charge on any atom is 0.173 e. The monoisotopic (exact) mass is 613 g/mol. The van der Waals surface area contributed by atoms with Gasteiger partial charge in [-0.05, 0) is 54.8 Å². The van der Waals surface area contributed by atoms with Gasteiger partial charge < -0.3 is 29.4 Å². The Labute approximate surface area is 260 Å². The number of methoxy groups -OCH3 is 2. The van der Waals surface area contributed by atoms with Crippen LogP contribution in [0.2, 0.25) is 0 Å². The smallest absolute Gasteiger partial charge is 0.173 e. The standard InChI is InChI=1S/C34H36FN5O5/c1-21(2)39-31-29-32(37-19-36-31)40(20-38-29)33-28(35)30(41)27(45-33)18-44-34(22-8-6-5-7-9-22,23-10-14-25(42-3)15-11-23)24-12-16-26(43-4)17-13-24/h5-17,19-21,27-28,30,33,41H,18H2,1-4H3,(H,36,37,39)/t27-,28?,30?,33-/m1/s1. The number of imidazole rings is 1. The fourth-order valence-electron chi connectivity index (χ4n) is 5.76. The number of nitrogens with zero attached hydrogens (tertiary/aromatic N) is 4. The summed E-state index contributed by atoms with van der Waals surface area (Å²) in [5.41, 5.74) is 2.18. The van der Waals surface area contributed by atoms with Crippen LogP contribution in [-0.2, 0) is 15.1 Å². The fourth-order valence-corrected chi connectivity index (χ4v) is 5.76. The quantitative estimate of drug-likeness (QED) is 0.193. The third kappa shape index (κ3) is 5.70. The zero-order chi connectivity index (χ0) is 31.6. The highest BCUT2D eigenvalue weighted by Gasteiger charge is 2.48. The maximum atomic E-state index is 15.8. The molecular weight excluding hydrogens is 577 g/mol. The third-order valence-corrected chi connectivity index (χ3v) is 7.99. The van der Waals surface area contributed by atoms with Crippen LogP contribution in [0.5, 0.6) is 11.5 Å². The predicted octanol–water partition coefficient (Wildman–Crippen LogP) is 5.27. The van der Waals surface area contributed by atoms with E-state index in [1.54, 1.807) is 14.2 Å². The van der Waals surface area contributed by atoms with Gasteiger partial charge in [0.05, 0.1) is 27.2 Å². The van der Waals surface area contributed by atoms with Crippen LogP contribution in [0.3, 0.4) is 0 Å². The van der Waals surface area contributed by atoms with Crippen LogP contribution in [0.15, 0.2) is 91.5 Å². The van der Waals surface area contributed by atoms with Crippen LogP contribution in [0.4, 0.5) is 10.2 Å². The Morgan fingerprint density at radius 2 is 1.49 bits per heavy atom. The van der Waals surface area contributed by atoms with Gasteiger partial charge in [0.2, 0.25) is 0 Å². The summed E-state index contributed by atoms with van der Waals surface area (Å²) in [7, 11) is 3.22. The van der Waals surface area contributed by atoms with E-state index in [0.29, 0.717) is 28.5 Å². The minimum atomic E-state index is -1.76. The number of rotatable bonds is 11. The van der Waals surface area contributed by atoms with Gasteiger partial charge in [0.25, 0.3) is 0 Å². The molecule has 2 N–H and O–H groups in total. The van der Waals surface area contributed by atoms with Crippen molar-refractivity contribution in [2.24, 2.45) is 0 Å². The first kappa shape index (κ1) is 30.4. The molecule has 45 heavy (non-hydrogen) atoms. The number of nitrogens with one attached hydrogen (secondary N) is 1. The van der Waals surface area contributed by atoms with Crippen molar-refractivity contribution in [3.8, 4) is 11.5 Å². The molecule has 3 heterocycles. The molecule has 234 valence electrons. The van der Waals surface area contributed by atoms with Gasteiger partial charge in [0.15, 0.2) is 29.4 Å². The van der Waals surface area contributed by atoms with Gasteiger partial charge in [-0.1, -0.05) is 54.6 Å². The molecule has 0 radical (unpaired) electrons. The van der Waals surface area contributed by atoms with Crippen LogP contribution in [0, 0.1) is 0 Å². The Bertz CT molecular complexity index is 1670. The topological polar surface area (TPSA) is 113 Å². The van der Waals surface area contributed by atoms with Gasteiger partial charge in [0.1, 0.15) is 35.6 Å². The van der Waals surface area contributed by atoms with Crippen LogP contribution in [0.1, 0.15) is 36.8 Å². The van der Waals surface area contributed by atoms with E-state index in [9.17, 15) is 5.11 Å². The number of benzene rings is 3. The van der Waals surface area contributed by atoms with Gasteiger partial charge in [0, 0.05) is 6.04 Å². The number of ether oxygens (including phenoxy) is 4. The molecule has 0 saturated carbocycles. The van der Waals surface area contributed by atoms with Gasteiger partial charge in [-0.25, -0.2) is 19.3 Å². The number of hydrogen-bond donors (Lipinski definition) is 2. The number of aliphatic hydroxyl groups is 1. The maximum absolute atomic E-state index is 15.8. The summed E-state index contributed by atoms with van der Waals surface area (Å²) in [4.78, 5) is 13.1. The van der Waals surface area contributed by atoms with E-state index in [4.69, 9.17) is 18.9 Å². The van der Waals surface area contributed by atoms with Gasteiger partial charge in [-0.15, -0.1) is 0 Å². The first-order valence-corrected chi connectivity index (χ1v) is 14.8. The Morgan fingerprint density at radius 3 is 2.07 bits per heavy atom. The summed E-state index contributed by atoms with van der Waals surface area (Å²) >= 11 is 0. The molecule has 11 heteroatoms. The van der Waals surface area contributed by atoms with Crippen molar-refractivity contribution in [2.75, 3.05) is 26.1 Å². The van der Waals surface area contributed by atoms with E-state index in [2.05, 4.69) is 20.3 Å². The molecule has 2 unspecified atom stereocenters. The zero-order valence-corrected chi connectivity index (χ0v) is 25.5. The summed E-state index contributed by atoms with van der Waals surface area (Å²) < 4.78 is 41.2. The van der Waals surface area contributed by atoms with Crippen molar-refractivity contribution in [3.05, 3.63) is 108 Å². The highest BCUT2D eigenvalue weighted by atomic mass is 19.1. The molecule has 2 aromatic heterocycles. The zero-order valence-electron chi connectivity index (χ0n) is 25.5. The number of anilines is 1. The Kier molecular flexibility index (Phi) is 8.66. The molecule has 10 nitrogen and oxygen atoms in total.